The van der Waals surface area contributed by atoms with Gasteiger partial charge in [-0.3, -0.25) is 4.79 Å². The van der Waals surface area contributed by atoms with Crippen LogP contribution in [0, 0.1) is 0 Å². The quantitative estimate of drug-likeness (QED) is 0.834. The van der Waals surface area contributed by atoms with Crippen molar-refractivity contribution < 1.29 is 4.74 Å². The van der Waals surface area contributed by atoms with E-state index in [2.05, 4.69) is 17.7 Å². The Morgan fingerprint density at radius 2 is 1.95 bits per heavy atom. The first-order chi connectivity index (χ1) is 10.2. The van der Waals surface area contributed by atoms with Crippen molar-refractivity contribution in [3.63, 3.8) is 0 Å². The lowest BCUT2D eigenvalue weighted by Crippen LogP contribution is -2.26. The van der Waals surface area contributed by atoms with Crippen molar-refractivity contribution in [2.75, 3.05) is 6.61 Å². The Labute approximate surface area is 130 Å². The fourth-order valence-corrected chi connectivity index (χ4v) is 2.33. The lowest BCUT2D eigenvalue weighted by molar-refractivity contribution is 0.340. The van der Waals surface area contributed by atoms with Gasteiger partial charge in [-0.15, -0.1) is 0 Å². The van der Waals surface area contributed by atoms with Crippen LogP contribution in [0.5, 0.6) is 5.75 Å². The maximum Gasteiger partial charge on any atom is 0.270 e. The molecule has 0 unspecified atom stereocenters. The van der Waals surface area contributed by atoms with Crippen LogP contribution in [0.1, 0.15) is 25.8 Å². The molecule has 112 valence electrons. The number of rotatable bonds is 6. The van der Waals surface area contributed by atoms with Gasteiger partial charge in [0.25, 0.3) is 5.56 Å². The molecule has 21 heavy (non-hydrogen) atoms. The molecule has 0 amide bonds. The maximum absolute atomic E-state index is 12.1. The Bertz CT molecular complexity index is 650. The smallest absolute Gasteiger partial charge is 0.270 e. The Hall–Kier alpha value is -1.75. The van der Waals surface area contributed by atoms with E-state index in [9.17, 15) is 4.79 Å². The lowest BCUT2D eigenvalue weighted by atomic mass is 10.1. The van der Waals surface area contributed by atoms with Crippen molar-refractivity contribution in [3.8, 4) is 17.0 Å². The summed E-state index contributed by atoms with van der Waals surface area (Å²) in [5.74, 6) is 1.24. The molecule has 1 aromatic carbocycles. The summed E-state index contributed by atoms with van der Waals surface area (Å²) in [5.41, 5.74) is 2.37. The van der Waals surface area contributed by atoms with Gasteiger partial charge in [0.1, 0.15) is 5.75 Å². The molecular formula is C16H20N2O2S. The number of hydrogen-bond donors (Lipinski definition) is 1. The number of thiol groups is 1. The normalized spacial score (nSPS) is 10.6. The van der Waals surface area contributed by atoms with Crippen LogP contribution in [0.25, 0.3) is 11.3 Å². The maximum atomic E-state index is 12.1. The predicted octanol–water partition coefficient (Wildman–Crippen LogP) is 3.15. The van der Waals surface area contributed by atoms with Crippen LogP contribution in [-0.4, -0.2) is 16.4 Å². The topological polar surface area (TPSA) is 44.1 Å². The molecule has 1 aromatic heterocycles. The molecule has 0 fully saturated rings. The van der Waals surface area contributed by atoms with Gasteiger partial charge < -0.3 is 4.74 Å². The van der Waals surface area contributed by atoms with Crippen LogP contribution >= 0.6 is 12.6 Å². The van der Waals surface area contributed by atoms with Gasteiger partial charge in [-0.2, -0.15) is 17.7 Å². The first-order valence-corrected chi connectivity index (χ1v) is 7.78. The molecule has 0 aliphatic heterocycles. The zero-order chi connectivity index (χ0) is 15.2. The van der Waals surface area contributed by atoms with Crippen molar-refractivity contribution in [2.24, 2.45) is 0 Å². The van der Waals surface area contributed by atoms with Crippen LogP contribution < -0.4 is 10.3 Å². The van der Waals surface area contributed by atoms with E-state index in [1.54, 1.807) is 0 Å². The highest BCUT2D eigenvalue weighted by Gasteiger charge is 2.09. The van der Waals surface area contributed by atoms with Gasteiger partial charge in [0.2, 0.25) is 0 Å². The lowest BCUT2D eigenvalue weighted by Gasteiger charge is -2.10. The number of nitrogens with zero attached hydrogens (tertiary/aromatic N) is 2. The van der Waals surface area contributed by atoms with Crippen molar-refractivity contribution in [1.82, 2.24) is 9.78 Å². The minimum atomic E-state index is -0.0541. The number of aromatic nitrogens is 2. The molecule has 0 saturated carbocycles. The average Bonchev–Trinajstić information content (AvgIpc) is 2.51. The van der Waals surface area contributed by atoms with Gasteiger partial charge in [0.05, 0.1) is 12.3 Å². The fourth-order valence-electron chi connectivity index (χ4n) is 2.10. The summed E-state index contributed by atoms with van der Waals surface area (Å²) in [6.07, 6.45) is 0.867. The van der Waals surface area contributed by atoms with E-state index < -0.39 is 0 Å². The monoisotopic (exact) mass is 304 g/mol. The second-order valence-corrected chi connectivity index (χ2v) is 5.01. The van der Waals surface area contributed by atoms with Crippen LogP contribution in [-0.2, 0) is 12.3 Å². The molecular weight excluding hydrogens is 284 g/mol. The predicted molar refractivity (Wildman–Crippen MR) is 88.1 cm³/mol. The van der Waals surface area contributed by atoms with Gasteiger partial charge in [0.15, 0.2) is 0 Å². The summed E-state index contributed by atoms with van der Waals surface area (Å²) in [7, 11) is 0. The van der Waals surface area contributed by atoms with E-state index in [1.807, 2.05) is 44.2 Å². The van der Waals surface area contributed by atoms with Crippen LogP contribution in [0.3, 0.4) is 0 Å². The fraction of sp³-hybridized carbons (Fsp3) is 0.375. The molecule has 0 bridgehead atoms. The first-order valence-electron chi connectivity index (χ1n) is 7.14. The highest BCUT2D eigenvalue weighted by atomic mass is 32.1. The summed E-state index contributed by atoms with van der Waals surface area (Å²) < 4.78 is 6.96. The standard InChI is InChI=1S/C16H20N2O2S/c1-3-9-18-16(19)13(11-21)10-15(17-18)12-5-7-14(8-6-12)20-4-2/h5-8,10,21H,3-4,9,11H2,1-2H3. The number of hydrogen-bond acceptors (Lipinski definition) is 4. The van der Waals surface area contributed by atoms with Gasteiger partial charge >= 0.3 is 0 Å². The van der Waals surface area contributed by atoms with Gasteiger partial charge in [-0.25, -0.2) is 4.68 Å². The number of ether oxygens (including phenoxy) is 1. The first kappa shape index (κ1) is 15.6. The molecule has 5 heteroatoms. The number of benzene rings is 1. The van der Waals surface area contributed by atoms with Gasteiger partial charge in [-0.1, -0.05) is 6.92 Å². The van der Waals surface area contributed by atoms with Crippen molar-refractivity contribution in [3.05, 3.63) is 46.2 Å². The minimum Gasteiger partial charge on any atom is -0.494 e. The molecule has 0 radical (unpaired) electrons. The highest BCUT2D eigenvalue weighted by Crippen LogP contribution is 2.21. The second-order valence-electron chi connectivity index (χ2n) is 4.70. The average molecular weight is 304 g/mol. The van der Waals surface area contributed by atoms with E-state index in [-0.39, 0.29) is 5.56 Å². The third-order valence-corrected chi connectivity index (χ3v) is 3.46. The third-order valence-electron chi connectivity index (χ3n) is 3.12. The van der Waals surface area contributed by atoms with Crippen molar-refractivity contribution in [2.45, 2.75) is 32.6 Å². The van der Waals surface area contributed by atoms with Crippen LogP contribution in [0.15, 0.2) is 35.1 Å². The van der Waals surface area contributed by atoms with E-state index in [1.165, 1.54) is 4.68 Å². The minimum absolute atomic E-state index is 0.0541. The Morgan fingerprint density at radius 3 is 2.52 bits per heavy atom. The van der Waals surface area contributed by atoms with E-state index >= 15 is 0 Å². The molecule has 0 atom stereocenters. The van der Waals surface area contributed by atoms with Crippen LogP contribution in [0.4, 0.5) is 0 Å². The molecule has 0 saturated heterocycles. The molecule has 2 aromatic rings. The van der Waals surface area contributed by atoms with Crippen molar-refractivity contribution in [1.29, 1.82) is 0 Å². The Balaban J connectivity index is 2.42. The van der Waals surface area contributed by atoms with E-state index in [0.29, 0.717) is 24.5 Å². The van der Waals surface area contributed by atoms with Gasteiger partial charge in [-0.05, 0) is 43.7 Å². The van der Waals surface area contributed by atoms with Crippen molar-refractivity contribution >= 4 is 12.6 Å². The van der Waals surface area contributed by atoms with E-state index in [0.717, 1.165) is 23.4 Å². The Kier molecular flexibility index (Phi) is 5.44. The van der Waals surface area contributed by atoms with E-state index in [4.69, 9.17) is 4.74 Å². The number of aryl methyl sites for hydroxylation is 1. The second kappa shape index (κ2) is 7.31. The molecule has 0 aliphatic carbocycles. The summed E-state index contributed by atoms with van der Waals surface area (Å²) in [6, 6.07) is 9.55. The molecule has 4 nitrogen and oxygen atoms in total. The SMILES string of the molecule is CCCn1nc(-c2ccc(OCC)cc2)cc(CS)c1=O. The molecule has 1 heterocycles. The molecule has 0 aliphatic rings. The molecule has 0 spiro atoms. The third kappa shape index (κ3) is 3.67. The zero-order valence-corrected chi connectivity index (χ0v) is 13.3. The largest absolute Gasteiger partial charge is 0.494 e. The van der Waals surface area contributed by atoms with Gasteiger partial charge in [0, 0.05) is 23.4 Å². The summed E-state index contributed by atoms with van der Waals surface area (Å²) >= 11 is 4.24. The molecule has 0 N–H and O–H groups in total. The molecule has 2 rings (SSSR count). The summed E-state index contributed by atoms with van der Waals surface area (Å²) in [4.78, 5) is 12.1. The van der Waals surface area contributed by atoms with Crippen LogP contribution in [0.2, 0.25) is 0 Å². The summed E-state index contributed by atoms with van der Waals surface area (Å²) in [6.45, 7) is 5.24. The Morgan fingerprint density at radius 1 is 1.24 bits per heavy atom. The zero-order valence-electron chi connectivity index (χ0n) is 12.4. The summed E-state index contributed by atoms with van der Waals surface area (Å²) in [5, 5.41) is 4.45. The highest BCUT2D eigenvalue weighted by molar-refractivity contribution is 7.79.